The molecule has 1 amide bonds. The average molecular weight is 338 g/mol. The number of nitrogens with one attached hydrogen (secondary N) is 1. The van der Waals surface area contributed by atoms with Crippen LogP contribution in [0.1, 0.15) is 18.2 Å². The van der Waals surface area contributed by atoms with Gasteiger partial charge >= 0.3 is 0 Å². The van der Waals surface area contributed by atoms with Crippen LogP contribution >= 0.6 is 35.3 Å². The number of halogens is 2. The number of rotatable bonds is 5. The van der Waals surface area contributed by atoms with Crippen molar-refractivity contribution in [1.29, 1.82) is 0 Å². The maximum Gasteiger partial charge on any atom is 0.234 e. The summed E-state index contributed by atoms with van der Waals surface area (Å²) in [6, 6.07) is 3.79. The van der Waals surface area contributed by atoms with Gasteiger partial charge in [-0.05, 0) is 37.1 Å². The van der Waals surface area contributed by atoms with Gasteiger partial charge in [-0.15, -0.1) is 23.7 Å². The zero-order chi connectivity index (χ0) is 13.9. The molecule has 0 spiro atoms. The Morgan fingerprint density at radius 2 is 2.35 bits per heavy atom. The number of amides is 1. The maximum atomic E-state index is 11.9. The van der Waals surface area contributed by atoms with Gasteiger partial charge in [0.05, 0.1) is 17.4 Å². The predicted molar refractivity (Wildman–Crippen MR) is 86.6 cm³/mol. The van der Waals surface area contributed by atoms with E-state index in [2.05, 4.69) is 17.1 Å². The Hall–Kier alpha value is -0.330. The second-order valence-electron chi connectivity index (χ2n) is 5.46. The molecule has 2 heterocycles. The Kier molecular flexibility index (Phi) is 6.75. The lowest BCUT2D eigenvalue weighted by molar-refractivity contribution is -0.122. The molecule has 114 valence electrons. The third-order valence-electron chi connectivity index (χ3n) is 3.59. The second-order valence-corrected chi connectivity index (χ2v) is 7.26. The number of thiophene rings is 1. The van der Waals surface area contributed by atoms with Crippen LogP contribution in [0, 0.1) is 5.41 Å². The quantitative estimate of drug-likeness (QED) is 0.865. The third-order valence-corrected chi connectivity index (χ3v) is 4.82. The molecule has 2 rings (SSSR count). The molecule has 0 radical (unpaired) electrons. The smallest absolute Gasteiger partial charge is 0.234 e. The van der Waals surface area contributed by atoms with Crippen LogP contribution in [0.15, 0.2) is 12.1 Å². The van der Waals surface area contributed by atoms with Crippen molar-refractivity contribution in [3.8, 4) is 0 Å². The Balaban J connectivity index is 0.00000200. The van der Waals surface area contributed by atoms with Gasteiger partial charge in [-0.2, -0.15) is 0 Å². The van der Waals surface area contributed by atoms with Crippen LogP contribution in [0.2, 0.25) is 4.34 Å². The molecular weight excluding hydrogens is 317 g/mol. The average Bonchev–Trinajstić information content (AvgIpc) is 2.94. The van der Waals surface area contributed by atoms with Crippen LogP contribution in [-0.4, -0.2) is 37.0 Å². The summed E-state index contributed by atoms with van der Waals surface area (Å²) < 4.78 is 0.752. The minimum absolute atomic E-state index is 0. The monoisotopic (exact) mass is 337 g/mol. The van der Waals surface area contributed by atoms with Crippen molar-refractivity contribution in [2.45, 2.75) is 19.9 Å². The van der Waals surface area contributed by atoms with E-state index in [1.165, 1.54) is 11.3 Å². The molecule has 1 aliphatic heterocycles. The van der Waals surface area contributed by atoms with Crippen LogP contribution in [0.25, 0.3) is 0 Å². The highest BCUT2D eigenvalue weighted by molar-refractivity contribution is 7.16. The highest BCUT2D eigenvalue weighted by atomic mass is 35.5. The largest absolute Gasteiger partial charge is 0.350 e. The first-order valence-corrected chi connectivity index (χ1v) is 7.63. The number of carbonyl (C=O) groups excluding carboxylic acids is 1. The minimum Gasteiger partial charge on any atom is -0.350 e. The first-order valence-electron chi connectivity index (χ1n) is 6.44. The number of likely N-dealkylation sites (tertiary alicyclic amines) is 1. The van der Waals surface area contributed by atoms with Gasteiger partial charge < -0.3 is 11.1 Å². The lowest BCUT2D eigenvalue weighted by Gasteiger charge is -2.22. The molecule has 1 aromatic rings. The summed E-state index contributed by atoms with van der Waals surface area (Å²) in [6.07, 6.45) is 1.07. The van der Waals surface area contributed by atoms with E-state index in [4.69, 9.17) is 17.3 Å². The highest BCUT2D eigenvalue weighted by Crippen LogP contribution is 2.28. The first kappa shape index (κ1) is 17.7. The first-order chi connectivity index (χ1) is 9.00. The summed E-state index contributed by atoms with van der Waals surface area (Å²) in [6.45, 7) is 5.72. The summed E-state index contributed by atoms with van der Waals surface area (Å²) in [5, 5.41) is 2.92. The van der Waals surface area contributed by atoms with Crippen LogP contribution in [0.3, 0.4) is 0 Å². The molecule has 1 saturated heterocycles. The van der Waals surface area contributed by atoms with E-state index in [1.54, 1.807) is 0 Å². The lowest BCUT2D eigenvalue weighted by atomic mass is 9.90. The van der Waals surface area contributed by atoms with Crippen molar-refractivity contribution in [1.82, 2.24) is 10.2 Å². The normalized spacial score (nSPS) is 22.6. The van der Waals surface area contributed by atoms with Crippen molar-refractivity contribution in [3.05, 3.63) is 21.3 Å². The summed E-state index contributed by atoms with van der Waals surface area (Å²) in [7, 11) is 0. The van der Waals surface area contributed by atoms with Gasteiger partial charge in [0.1, 0.15) is 0 Å². The molecule has 7 heteroatoms. The molecule has 1 aliphatic rings. The lowest BCUT2D eigenvalue weighted by Crippen LogP contribution is -2.38. The number of hydrogen-bond acceptors (Lipinski definition) is 4. The van der Waals surface area contributed by atoms with Crippen LogP contribution < -0.4 is 11.1 Å². The zero-order valence-electron chi connectivity index (χ0n) is 11.5. The molecule has 0 bridgehead atoms. The van der Waals surface area contributed by atoms with E-state index >= 15 is 0 Å². The minimum atomic E-state index is 0. The Morgan fingerprint density at radius 3 is 2.90 bits per heavy atom. The topological polar surface area (TPSA) is 58.4 Å². The number of hydrogen-bond donors (Lipinski definition) is 2. The molecule has 0 saturated carbocycles. The standard InChI is InChI=1S/C13H20ClN3OS.ClH/c1-13(8-15)4-5-17(9-13)7-12(18)16-6-10-2-3-11(14)19-10;/h2-3H,4-9,15H2,1H3,(H,16,18);1H. The Morgan fingerprint density at radius 1 is 1.60 bits per heavy atom. The van der Waals surface area contributed by atoms with Gasteiger partial charge in [-0.3, -0.25) is 9.69 Å². The van der Waals surface area contributed by atoms with E-state index in [9.17, 15) is 4.79 Å². The molecule has 1 aromatic heterocycles. The van der Waals surface area contributed by atoms with Crippen molar-refractivity contribution >= 4 is 41.3 Å². The van der Waals surface area contributed by atoms with E-state index in [0.29, 0.717) is 19.6 Å². The van der Waals surface area contributed by atoms with E-state index in [1.807, 2.05) is 12.1 Å². The molecule has 20 heavy (non-hydrogen) atoms. The van der Waals surface area contributed by atoms with Gasteiger partial charge in [0.2, 0.25) is 5.91 Å². The number of nitrogens with zero attached hydrogens (tertiary/aromatic N) is 1. The summed E-state index contributed by atoms with van der Waals surface area (Å²) in [5.41, 5.74) is 5.93. The van der Waals surface area contributed by atoms with Crippen molar-refractivity contribution in [3.63, 3.8) is 0 Å². The SMILES string of the molecule is CC1(CN)CCN(CC(=O)NCc2ccc(Cl)s2)C1.Cl. The molecule has 3 N–H and O–H groups in total. The molecule has 0 aliphatic carbocycles. The van der Waals surface area contributed by atoms with Gasteiger partial charge in [0, 0.05) is 11.4 Å². The number of nitrogens with two attached hydrogens (primary N) is 1. The Bertz CT molecular complexity index is 455. The summed E-state index contributed by atoms with van der Waals surface area (Å²) in [5.74, 6) is 0.0609. The fourth-order valence-corrected chi connectivity index (χ4v) is 3.35. The maximum absolute atomic E-state index is 11.9. The predicted octanol–water partition coefficient (Wildman–Crippen LogP) is 2.11. The van der Waals surface area contributed by atoms with Gasteiger partial charge in [-0.25, -0.2) is 0 Å². The van der Waals surface area contributed by atoms with Crippen LogP contribution in [-0.2, 0) is 11.3 Å². The molecular formula is C13H21Cl2N3OS. The molecule has 0 aromatic carbocycles. The fourth-order valence-electron chi connectivity index (χ4n) is 2.32. The van der Waals surface area contributed by atoms with E-state index in [-0.39, 0.29) is 23.7 Å². The van der Waals surface area contributed by atoms with Crippen molar-refractivity contribution < 1.29 is 4.79 Å². The van der Waals surface area contributed by atoms with E-state index < -0.39 is 0 Å². The van der Waals surface area contributed by atoms with Gasteiger partial charge in [-0.1, -0.05) is 18.5 Å². The summed E-state index contributed by atoms with van der Waals surface area (Å²) in [4.78, 5) is 15.1. The highest BCUT2D eigenvalue weighted by Gasteiger charge is 2.32. The fraction of sp³-hybridized carbons (Fsp3) is 0.615. The van der Waals surface area contributed by atoms with Crippen LogP contribution in [0.4, 0.5) is 0 Å². The van der Waals surface area contributed by atoms with Gasteiger partial charge in [0.15, 0.2) is 0 Å². The summed E-state index contributed by atoms with van der Waals surface area (Å²) >= 11 is 7.34. The molecule has 1 atom stereocenters. The van der Waals surface area contributed by atoms with Crippen molar-refractivity contribution in [2.75, 3.05) is 26.2 Å². The van der Waals surface area contributed by atoms with Crippen LogP contribution in [0.5, 0.6) is 0 Å². The van der Waals surface area contributed by atoms with Crippen molar-refractivity contribution in [2.24, 2.45) is 11.1 Å². The molecule has 1 fully saturated rings. The third kappa shape index (κ3) is 4.90. The molecule has 4 nitrogen and oxygen atoms in total. The van der Waals surface area contributed by atoms with E-state index in [0.717, 1.165) is 28.7 Å². The molecule has 1 unspecified atom stereocenters. The zero-order valence-corrected chi connectivity index (χ0v) is 13.9. The van der Waals surface area contributed by atoms with Gasteiger partial charge in [0.25, 0.3) is 0 Å². The Labute approximate surface area is 135 Å². The second kappa shape index (κ2) is 7.61. The number of carbonyl (C=O) groups is 1.